The zero-order valence-electron chi connectivity index (χ0n) is 18.4. The Morgan fingerprint density at radius 2 is 1.67 bits per heavy atom. The van der Waals surface area contributed by atoms with Gasteiger partial charge >= 0.3 is 12.1 Å². The predicted molar refractivity (Wildman–Crippen MR) is 120 cm³/mol. The van der Waals surface area contributed by atoms with Gasteiger partial charge in [0.05, 0.1) is 27.4 Å². The van der Waals surface area contributed by atoms with Crippen LogP contribution in [-0.2, 0) is 16.2 Å². The van der Waals surface area contributed by atoms with E-state index >= 15 is 0 Å². The quantitative estimate of drug-likeness (QED) is 0.549. The Hall–Kier alpha value is -2.75. The molecule has 10 heteroatoms. The summed E-state index contributed by atoms with van der Waals surface area (Å²) in [4.78, 5) is 13.0. The monoisotopic (exact) mass is 484 g/mol. The molecule has 1 saturated heterocycles. The van der Waals surface area contributed by atoms with Crippen molar-refractivity contribution in [2.24, 2.45) is 0 Å². The number of carboxylic acid groups (broad SMARTS) is 1. The Morgan fingerprint density at radius 3 is 2.21 bits per heavy atom. The molecule has 0 atom stereocenters. The van der Waals surface area contributed by atoms with Crippen LogP contribution in [0.5, 0.6) is 0 Å². The van der Waals surface area contributed by atoms with Crippen LogP contribution in [-0.4, -0.2) is 32.6 Å². The maximum absolute atomic E-state index is 13.4. The molecule has 0 amide bonds. The van der Waals surface area contributed by atoms with Crippen LogP contribution >= 0.6 is 0 Å². The van der Waals surface area contributed by atoms with E-state index in [2.05, 4.69) is 4.72 Å². The molecule has 180 valence electrons. The van der Waals surface area contributed by atoms with Gasteiger partial charge in [0, 0.05) is 13.1 Å². The molecule has 0 aromatic heterocycles. The summed E-state index contributed by atoms with van der Waals surface area (Å²) in [5, 5.41) is 9.31. The molecule has 0 spiro atoms. The number of nitrogens with zero attached hydrogens (tertiary/aromatic N) is 1. The third-order valence-corrected chi connectivity index (χ3v) is 7.11. The Balaban J connectivity index is 2.12. The van der Waals surface area contributed by atoms with Gasteiger partial charge in [-0.05, 0) is 54.7 Å². The second-order valence-corrected chi connectivity index (χ2v) is 10.1. The molecule has 2 aromatic rings. The van der Waals surface area contributed by atoms with Crippen LogP contribution in [0, 0.1) is 0 Å². The fourth-order valence-corrected chi connectivity index (χ4v) is 5.42. The summed E-state index contributed by atoms with van der Waals surface area (Å²) in [6.45, 7) is 4.71. The van der Waals surface area contributed by atoms with Gasteiger partial charge in [0.1, 0.15) is 0 Å². The zero-order valence-corrected chi connectivity index (χ0v) is 19.3. The SMILES string of the molecule is CC(C)c1ccc(C(=O)O)cc1S(=O)(=O)Nc1cc(C(F)(F)F)ccc1N1CCCCCC1. The lowest BCUT2D eigenvalue weighted by atomic mass is 10.0. The highest BCUT2D eigenvalue weighted by Gasteiger charge is 2.32. The highest BCUT2D eigenvalue weighted by molar-refractivity contribution is 7.92. The Morgan fingerprint density at radius 1 is 1.03 bits per heavy atom. The molecular weight excluding hydrogens is 457 g/mol. The van der Waals surface area contributed by atoms with Gasteiger partial charge in [0.25, 0.3) is 10.0 Å². The molecule has 0 unspecified atom stereocenters. The molecule has 6 nitrogen and oxygen atoms in total. The second-order valence-electron chi connectivity index (χ2n) is 8.45. The average molecular weight is 485 g/mol. The van der Waals surface area contributed by atoms with Crippen molar-refractivity contribution in [3.63, 3.8) is 0 Å². The number of hydrogen-bond acceptors (Lipinski definition) is 4. The number of benzene rings is 2. The van der Waals surface area contributed by atoms with E-state index < -0.39 is 27.7 Å². The van der Waals surface area contributed by atoms with Crippen LogP contribution in [0.15, 0.2) is 41.3 Å². The number of halogens is 3. The van der Waals surface area contributed by atoms with Crippen molar-refractivity contribution >= 4 is 27.4 Å². The minimum absolute atomic E-state index is 0.179. The summed E-state index contributed by atoms with van der Waals surface area (Å²) in [7, 11) is -4.38. The third-order valence-electron chi connectivity index (χ3n) is 5.69. The van der Waals surface area contributed by atoms with Crippen LogP contribution in [0.1, 0.15) is 66.9 Å². The molecule has 33 heavy (non-hydrogen) atoms. The summed E-state index contributed by atoms with van der Waals surface area (Å²) in [6.07, 6.45) is -0.948. The maximum Gasteiger partial charge on any atom is 0.416 e. The number of aromatic carboxylic acids is 1. The van der Waals surface area contributed by atoms with E-state index in [1.807, 2.05) is 4.90 Å². The standard InChI is InChI=1S/C23H27F3N2O4S/c1-15(2)18-9-7-16(22(29)30)13-21(18)33(31,32)27-19-14-17(23(24,25)26)8-10-20(19)28-11-5-3-4-6-12-28/h7-10,13-15,27H,3-6,11-12H2,1-2H3,(H,29,30). The van der Waals surface area contributed by atoms with E-state index in [0.29, 0.717) is 24.3 Å². The van der Waals surface area contributed by atoms with Crippen molar-refractivity contribution < 1.29 is 31.5 Å². The van der Waals surface area contributed by atoms with Crippen molar-refractivity contribution in [1.29, 1.82) is 0 Å². The van der Waals surface area contributed by atoms with Gasteiger partial charge in [0.2, 0.25) is 0 Å². The first-order valence-corrected chi connectivity index (χ1v) is 12.2. The number of carboxylic acids is 1. The predicted octanol–water partition coefficient (Wildman–Crippen LogP) is 5.71. The lowest BCUT2D eigenvalue weighted by molar-refractivity contribution is -0.137. The molecule has 3 rings (SSSR count). The van der Waals surface area contributed by atoms with E-state index in [9.17, 15) is 31.5 Å². The number of alkyl halides is 3. The summed E-state index contributed by atoms with van der Waals surface area (Å²) in [5.74, 6) is -1.56. The van der Waals surface area contributed by atoms with Crippen molar-refractivity contribution in [3.05, 3.63) is 53.1 Å². The molecule has 0 saturated carbocycles. The van der Waals surface area contributed by atoms with Crippen LogP contribution in [0.25, 0.3) is 0 Å². The van der Waals surface area contributed by atoms with Gasteiger partial charge in [-0.1, -0.05) is 32.8 Å². The molecule has 2 N–H and O–H groups in total. The molecule has 1 fully saturated rings. The number of nitrogens with one attached hydrogen (secondary N) is 1. The lowest BCUT2D eigenvalue weighted by Gasteiger charge is -2.27. The van der Waals surface area contributed by atoms with Crippen molar-refractivity contribution in [3.8, 4) is 0 Å². The number of anilines is 2. The van der Waals surface area contributed by atoms with Crippen LogP contribution in [0.2, 0.25) is 0 Å². The summed E-state index contributed by atoms with van der Waals surface area (Å²) in [5.41, 5.74) is -0.634. The van der Waals surface area contributed by atoms with Gasteiger partial charge in [-0.2, -0.15) is 13.2 Å². The minimum Gasteiger partial charge on any atom is -0.478 e. The van der Waals surface area contributed by atoms with E-state index in [-0.39, 0.29) is 22.1 Å². The van der Waals surface area contributed by atoms with Gasteiger partial charge in [0.15, 0.2) is 0 Å². The lowest BCUT2D eigenvalue weighted by Crippen LogP contribution is -2.26. The van der Waals surface area contributed by atoms with Crippen molar-refractivity contribution in [2.45, 2.75) is 56.5 Å². The van der Waals surface area contributed by atoms with E-state index in [4.69, 9.17) is 0 Å². The highest BCUT2D eigenvalue weighted by Crippen LogP contribution is 2.38. The van der Waals surface area contributed by atoms with E-state index in [1.165, 1.54) is 18.2 Å². The molecule has 0 aliphatic carbocycles. The fraction of sp³-hybridized carbons (Fsp3) is 0.435. The highest BCUT2D eigenvalue weighted by atomic mass is 32.2. The van der Waals surface area contributed by atoms with Gasteiger partial charge < -0.3 is 10.0 Å². The first-order valence-electron chi connectivity index (χ1n) is 10.8. The van der Waals surface area contributed by atoms with Crippen LogP contribution in [0.4, 0.5) is 24.5 Å². The second kappa shape index (κ2) is 9.62. The van der Waals surface area contributed by atoms with Gasteiger partial charge in [-0.25, -0.2) is 13.2 Å². The fourth-order valence-electron chi connectivity index (χ4n) is 3.96. The zero-order chi connectivity index (χ0) is 24.4. The molecule has 1 aliphatic heterocycles. The van der Waals surface area contributed by atoms with Crippen LogP contribution in [0.3, 0.4) is 0 Å². The number of carbonyl (C=O) groups is 1. The first kappa shape index (κ1) is 24.9. The van der Waals surface area contributed by atoms with E-state index in [0.717, 1.165) is 43.9 Å². The van der Waals surface area contributed by atoms with Crippen LogP contribution < -0.4 is 9.62 Å². The summed E-state index contributed by atoms with van der Waals surface area (Å²) >= 11 is 0. The minimum atomic E-state index is -4.65. The topological polar surface area (TPSA) is 86.7 Å². The normalized spacial score (nSPS) is 15.4. The summed E-state index contributed by atoms with van der Waals surface area (Å²) < 4.78 is 69.3. The smallest absolute Gasteiger partial charge is 0.416 e. The molecule has 0 bridgehead atoms. The Kier molecular flexibility index (Phi) is 7.26. The Bertz CT molecular complexity index is 1120. The molecule has 1 aliphatic rings. The number of sulfonamides is 1. The molecule has 1 heterocycles. The van der Waals surface area contributed by atoms with Crippen molar-refractivity contribution in [2.75, 3.05) is 22.7 Å². The van der Waals surface area contributed by atoms with Gasteiger partial charge in [-0.3, -0.25) is 4.72 Å². The van der Waals surface area contributed by atoms with Gasteiger partial charge in [-0.15, -0.1) is 0 Å². The van der Waals surface area contributed by atoms with E-state index in [1.54, 1.807) is 13.8 Å². The Labute approximate surface area is 191 Å². The largest absolute Gasteiger partial charge is 0.478 e. The molecular formula is C23H27F3N2O4S. The number of hydrogen-bond donors (Lipinski definition) is 2. The molecule has 2 aromatic carbocycles. The third kappa shape index (κ3) is 5.79. The maximum atomic E-state index is 13.4. The molecule has 0 radical (unpaired) electrons. The number of rotatable bonds is 6. The van der Waals surface area contributed by atoms with Crippen molar-refractivity contribution in [1.82, 2.24) is 0 Å². The summed E-state index contributed by atoms with van der Waals surface area (Å²) in [6, 6.07) is 6.81. The first-order chi connectivity index (χ1) is 15.4. The average Bonchev–Trinajstić information content (AvgIpc) is 3.01.